The lowest BCUT2D eigenvalue weighted by Gasteiger charge is -2.34. The van der Waals surface area contributed by atoms with Crippen LogP contribution in [0.5, 0.6) is 0 Å². The molecule has 2 atom stereocenters. The van der Waals surface area contributed by atoms with Crippen LogP contribution in [0.1, 0.15) is 41.1 Å². The van der Waals surface area contributed by atoms with Crippen LogP contribution in [0.2, 0.25) is 10.0 Å². The molecule has 0 saturated carbocycles. The first kappa shape index (κ1) is 26.1. The van der Waals surface area contributed by atoms with Crippen LogP contribution in [0.15, 0.2) is 70.3 Å². The van der Waals surface area contributed by atoms with Gasteiger partial charge in [-0.05, 0) is 103 Å². The number of carbonyl (C=O) groups is 1. The van der Waals surface area contributed by atoms with Gasteiger partial charge in [-0.2, -0.15) is 11.3 Å². The molecule has 2 aromatic carbocycles. The number of amides is 1. The molecule has 5 rings (SSSR count). The van der Waals surface area contributed by atoms with E-state index >= 15 is 0 Å². The highest BCUT2D eigenvalue weighted by Gasteiger charge is 2.38. The molecule has 0 aliphatic carbocycles. The molecule has 0 radical (unpaired) electrons. The normalized spacial score (nSPS) is 21.2. The lowest BCUT2D eigenvalue weighted by Crippen LogP contribution is -2.39. The van der Waals surface area contributed by atoms with E-state index in [4.69, 9.17) is 23.2 Å². The summed E-state index contributed by atoms with van der Waals surface area (Å²) in [7, 11) is 0. The molecule has 2 unspecified atom stereocenters. The Kier molecular flexibility index (Phi) is 8.97. The summed E-state index contributed by atoms with van der Waals surface area (Å²) < 4.78 is 0. The van der Waals surface area contributed by atoms with Crippen LogP contribution in [0.4, 0.5) is 0 Å². The third-order valence-corrected chi connectivity index (χ3v) is 10.1. The number of likely N-dealkylation sites (tertiary alicyclic amines) is 2. The van der Waals surface area contributed by atoms with Crippen LogP contribution in [0.3, 0.4) is 0 Å². The van der Waals surface area contributed by atoms with Crippen molar-refractivity contribution >= 4 is 52.2 Å². The van der Waals surface area contributed by atoms with Gasteiger partial charge in [-0.25, -0.2) is 0 Å². The molecule has 0 spiro atoms. The Labute approximate surface area is 232 Å². The number of thioether (sulfide) groups is 1. The van der Waals surface area contributed by atoms with E-state index in [1.807, 2.05) is 16.7 Å². The smallest absolute Gasteiger partial charge is 0.253 e. The van der Waals surface area contributed by atoms with Crippen molar-refractivity contribution in [3.05, 3.63) is 86.5 Å². The summed E-state index contributed by atoms with van der Waals surface area (Å²) in [5, 5.41) is 5.30. The molecule has 2 aliphatic heterocycles. The average molecular weight is 560 g/mol. The molecule has 3 heterocycles. The molecule has 1 amide bonds. The predicted molar refractivity (Wildman–Crippen MR) is 154 cm³/mol. The highest BCUT2D eigenvalue weighted by atomic mass is 35.5. The van der Waals surface area contributed by atoms with Crippen molar-refractivity contribution < 1.29 is 4.79 Å². The monoisotopic (exact) mass is 558 g/mol. The number of rotatable bonds is 8. The van der Waals surface area contributed by atoms with Gasteiger partial charge in [0.25, 0.3) is 5.91 Å². The number of halogens is 2. The second-order valence-corrected chi connectivity index (χ2v) is 12.7. The van der Waals surface area contributed by atoms with Gasteiger partial charge in [0.2, 0.25) is 0 Å². The lowest BCUT2D eigenvalue weighted by molar-refractivity contribution is 0.0780. The molecule has 7 heteroatoms. The van der Waals surface area contributed by atoms with Gasteiger partial charge < -0.3 is 9.80 Å². The molecule has 2 saturated heterocycles. The molecule has 2 aliphatic rings. The summed E-state index contributed by atoms with van der Waals surface area (Å²) in [6.45, 7) is 4.92. The minimum absolute atomic E-state index is 0.0471. The zero-order valence-corrected chi connectivity index (χ0v) is 23.5. The van der Waals surface area contributed by atoms with Gasteiger partial charge in [0.1, 0.15) is 0 Å². The number of hydrogen-bond acceptors (Lipinski definition) is 4. The predicted octanol–water partition coefficient (Wildman–Crippen LogP) is 7.81. The van der Waals surface area contributed by atoms with E-state index in [1.54, 1.807) is 29.5 Å². The highest BCUT2D eigenvalue weighted by molar-refractivity contribution is 7.99. The Morgan fingerprint density at radius 3 is 2.53 bits per heavy atom. The number of carbonyl (C=O) groups excluding carboxylic acids is 1. The van der Waals surface area contributed by atoms with E-state index in [2.05, 4.69) is 52.1 Å². The van der Waals surface area contributed by atoms with Crippen LogP contribution < -0.4 is 0 Å². The number of nitrogens with zero attached hydrogens (tertiary/aromatic N) is 2. The van der Waals surface area contributed by atoms with Crippen LogP contribution in [0, 0.1) is 11.8 Å². The summed E-state index contributed by atoms with van der Waals surface area (Å²) in [6, 6.07) is 18.1. The molecule has 190 valence electrons. The minimum Gasteiger partial charge on any atom is -0.338 e. The van der Waals surface area contributed by atoms with Crippen LogP contribution in [-0.4, -0.2) is 54.2 Å². The van der Waals surface area contributed by atoms with E-state index in [9.17, 15) is 4.79 Å². The first-order valence-electron chi connectivity index (χ1n) is 12.7. The Hall–Kier alpha value is -1.50. The zero-order valence-electron chi connectivity index (χ0n) is 20.3. The van der Waals surface area contributed by atoms with Gasteiger partial charge in [0.05, 0.1) is 10.0 Å². The van der Waals surface area contributed by atoms with Gasteiger partial charge in [-0.15, -0.1) is 11.8 Å². The fraction of sp³-hybridized carbons (Fsp3) is 0.414. The Balaban J connectivity index is 1.16. The molecule has 1 aromatic heterocycles. The summed E-state index contributed by atoms with van der Waals surface area (Å²) in [6.07, 6.45) is 3.84. The standard InChI is InChI=1S/C29H32Cl2N2OS2/c30-27-7-6-22(16-28(27)31)29(34)33-18-24(26(19-33)23-11-14-35-20-23)17-32-12-8-21(9-13-32)10-15-36-25-4-2-1-3-5-25/h1-7,11,14,16,20-21,24,26H,8-10,12-13,15,17-19H2. The summed E-state index contributed by atoms with van der Waals surface area (Å²) in [4.78, 5) is 19.3. The zero-order chi connectivity index (χ0) is 24.9. The highest BCUT2D eigenvalue weighted by Crippen LogP contribution is 2.36. The summed E-state index contributed by atoms with van der Waals surface area (Å²) in [5.74, 6) is 2.88. The summed E-state index contributed by atoms with van der Waals surface area (Å²) in [5.41, 5.74) is 1.98. The number of benzene rings is 2. The molecular formula is C29H32Cl2N2OS2. The maximum Gasteiger partial charge on any atom is 0.253 e. The van der Waals surface area contributed by atoms with E-state index < -0.39 is 0 Å². The van der Waals surface area contributed by atoms with Crippen molar-refractivity contribution in [2.24, 2.45) is 11.8 Å². The number of thiophene rings is 1. The molecule has 0 bridgehead atoms. The Bertz CT molecular complexity index is 1130. The van der Waals surface area contributed by atoms with Crippen LogP contribution >= 0.6 is 46.3 Å². The second-order valence-electron chi connectivity index (χ2n) is 9.96. The second kappa shape index (κ2) is 12.4. The van der Waals surface area contributed by atoms with Gasteiger partial charge in [-0.3, -0.25) is 4.79 Å². The van der Waals surface area contributed by atoms with E-state index in [1.165, 1.54) is 35.5 Å². The van der Waals surface area contributed by atoms with Gasteiger partial charge in [-0.1, -0.05) is 41.4 Å². The lowest BCUT2D eigenvalue weighted by atomic mass is 9.88. The van der Waals surface area contributed by atoms with Crippen molar-refractivity contribution in [2.45, 2.75) is 30.1 Å². The van der Waals surface area contributed by atoms with Crippen molar-refractivity contribution in [3.63, 3.8) is 0 Å². The average Bonchev–Trinajstić information content (AvgIpc) is 3.57. The fourth-order valence-electron chi connectivity index (χ4n) is 5.55. The SMILES string of the molecule is O=C(c1ccc(Cl)c(Cl)c1)N1CC(CN2CCC(CCSc3ccccc3)CC2)C(c2ccsc2)C1. The Morgan fingerprint density at radius 1 is 1.00 bits per heavy atom. The fourth-order valence-corrected chi connectivity index (χ4v) is 7.61. The third kappa shape index (κ3) is 6.49. The number of hydrogen-bond donors (Lipinski definition) is 0. The maximum atomic E-state index is 13.3. The molecule has 3 nitrogen and oxygen atoms in total. The molecular weight excluding hydrogens is 527 g/mol. The third-order valence-electron chi connectivity index (χ3n) is 7.60. The molecule has 2 fully saturated rings. The van der Waals surface area contributed by atoms with Crippen molar-refractivity contribution in [1.29, 1.82) is 0 Å². The van der Waals surface area contributed by atoms with Crippen molar-refractivity contribution in [2.75, 3.05) is 38.5 Å². The van der Waals surface area contributed by atoms with Gasteiger partial charge in [0.15, 0.2) is 0 Å². The van der Waals surface area contributed by atoms with E-state index in [0.717, 1.165) is 38.6 Å². The van der Waals surface area contributed by atoms with Crippen molar-refractivity contribution in [1.82, 2.24) is 9.80 Å². The summed E-state index contributed by atoms with van der Waals surface area (Å²) >= 11 is 16.0. The van der Waals surface area contributed by atoms with Crippen LogP contribution in [-0.2, 0) is 0 Å². The van der Waals surface area contributed by atoms with Gasteiger partial charge in [0, 0.05) is 36.0 Å². The van der Waals surface area contributed by atoms with Crippen molar-refractivity contribution in [3.8, 4) is 0 Å². The minimum atomic E-state index is 0.0471. The van der Waals surface area contributed by atoms with E-state index in [0.29, 0.717) is 27.4 Å². The molecule has 3 aromatic rings. The molecule has 0 N–H and O–H groups in total. The van der Waals surface area contributed by atoms with E-state index in [-0.39, 0.29) is 5.91 Å². The topological polar surface area (TPSA) is 23.6 Å². The molecule has 36 heavy (non-hydrogen) atoms. The Morgan fingerprint density at radius 2 is 1.81 bits per heavy atom. The van der Waals surface area contributed by atoms with Crippen LogP contribution in [0.25, 0.3) is 0 Å². The first-order chi connectivity index (χ1) is 17.6. The quantitative estimate of drug-likeness (QED) is 0.263. The maximum absolute atomic E-state index is 13.3. The largest absolute Gasteiger partial charge is 0.338 e. The van der Waals surface area contributed by atoms with Gasteiger partial charge >= 0.3 is 0 Å². The number of piperidine rings is 1. The first-order valence-corrected chi connectivity index (χ1v) is 15.4.